The molecule has 1 amide bonds. The van der Waals surface area contributed by atoms with Crippen molar-refractivity contribution in [1.29, 1.82) is 0 Å². The van der Waals surface area contributed by atoms with Crippen LogP contribution in [0.3, 0.4) is 0 Å². The lowest BCUT2D eigenvalue weighted by molar-refractivity contribution is -0.115. The number of rotatable bonds is 7. The van der Waals surface area contributed by atoms with E-state index in [-0.39, 0.29) is 11.5 Å². The Bertz CT molecular complexity index is 416. The summed E-state index contributed by atoms with van der Waals surface area (Å²) < 4.78 is 5.37. The molecule has 0 saturated heterocycles. The van der Waals surface area contributed by atoms with E-state index in [0.717, 1.165) is 24.3 Å². The van der Waals surface area contributed by atoms with Gasteiger partial charge < -0.3 is 15.4 Å². The van der Waals surface area contributed by atoms with Gasteiger partial charge in [-0.05, 0) is 38.5 Å². The molecule has 0 aliphatic carbocycles. The summed E-state index contributed by atoms with van der Waals surface area (Å²) in [5, 5.41) is 6.18. The van der Waals surface area contributed by atoms with Crippen LogP contribution >= 0.6 is 0 Å². The lowest BCUT2D eigenvalue weighted by Crippen LogP contribution is -2.25. The van der Waals surface area contributed by atoms with Crippen LogP contribution in [0.25, 0.3) is 0 Å². The fourth-order valence-electron chi connectivity index (χ4n) is 1.57. The lowest BCUT2D eigenvalue weighted by Gasteiger charge is -2.23. The molecule has 1 aromatic carbocycles. The van der Waals surface area contributed by atoms with Gasteiger partial charge in [-0.25, -0.2) is 0 Å². The first-order valence-electron chi connectivity index (χ1n) is 6.66. The molecule has 0 unspecified atom stereocenters. The van der Waals surface area contributed by atoms with E-state index in [9.17, 15) is 4.79 Å². The molecule has 0 aliphatic rings. The van der Waals surface area contributed by atoms with E-state index in [1.165, 1.54) is 0 Å². The summed E-state index contributed by atoms with van der Waals surface area (Å²) in [6, 6.07) is 7.74. The molecule has 106 valence electrons. The maximum Gasteiger partial charge on any atom is 0.224 e. The summed E-state index contributed by atoms with van der Waals surface area (Å²) in [5.41, 5.74) is 1.70. The van der Waals surface area contributed by atoms with Crippen LogP contribution in [0.1, 0.15) is 33.6 Å². The van der Waals surface area contributed by atoms with Crippen molar-refractivity contribution < 1.29 is 9.53 Å². The summed E-state index contributed by atoms with van der Waals surface area (Å²) in [7, 11) is 1.72. The van der Waals surface area contributed by atoms with Gasteiger partial charge in [0.25, 0.3) is 0 Å². The Kier molecular flexibility index (Phi) is 5.83. The third kappa shape index (κ3) is 5.75. The monoisotopic (exact) mass is 264 g/mol. The highest BCUT2D eigenvalue weighted by Crippen LogP contribution is 2.17. The molecular weight excluding hydrogens is 240 g/mol. The minimum Gasteiger partial charge on any atom is -0.385 e. The maximum absolute atomic E-state index is 11.3. The summed E-state index contributed by atoms with van der Waals surface area (Å²) in [5.74, 6) is 0.0256. The molecule has 4 nitrogen and oxygen atoms in total. The van der Waals surface area contributed by atoms with Gasteiger partial charge in [-0.3, -0.25) is 4.79 Å². The molecule has 0 radical (unpaired) electrons. The van der Waals surface area contributed by atoms with Crippen molar-refractivity contribution in [3.63, 3.8) is 0 Å². The predicted octanol–water partition coefficient (Wildman–Crippen LogP) is 3.26. The first-order chi connectivity index (χ1) is 8.96. The van der Waals surface area contributed by atoms with Crippen molar-refractivity contribution in [3.05, 3.63) is 24.3 Å². The SMILES string of the molecule is CCC(=O)Nc1cccc(NCCC(C)(C)OC)c1. The molecule has 2 N–H and O–H groups in total. The molecule has 0 heterocycles. The largest absolute Gasteiger partial charge is 0.385 e. The van der Waals surface area contributed by atoms with Crippen LogP contribution in [0.4, 0.5) is 11.4 Å². The molecule has 0 atom stereocenters. The zero-order valence-corrected chi connectivity index (χ0v) is 12.2. The second-order valence-electron chi connectivity index (χ2n) is 5.12. The number of amides is 1. The Labute approximate surface area is 115 Å². The minimum absolute atomic E-state index is 0.0256. The zero-order chi connectivity index (χ0) is 14.3. The number of hydrogen-bond acceptors (Lipinski definition) is 3. The van der Waals surface area contributed by atoms with Gasteiger partial charge in [0.15, 0.2) is 0 Å². The molecular formula is C15H24N2O2. The van der Waals surface area contributed by atoms with Crippen molar-refractivity contribution in [2.75, 3.05) is 24.3 Å². The fraction of sp³-hybridized carbons (Fsp3) is 0.533. The smallest absolute Gasteiger partial charge is 0.224 e. The molecule has 0 aliphatic heterocycles. The van der Waals surface area contributed by atoms with Gasteiger partial charge in [0.1, 0.15) is 0 Å². The van der Waals surface area contributed by atoms with Crippen molar-refractivity contribution in [2.45, 2.75) is 39.2 Å². The van der Waals surface area contributed by atoms with Gasteiger partial charge in [-0.15, -0.1) is 0 Å². The van der Waals surface area contributed by atoms with Gasteiger partial charge >= 0.3 is 0 Å². The Hall–Kier alpha value is -1.55. The molecule has 1 rings (SSSR count). The Morgan fingerprint density at radius 1 is 1.32 bits per heavy atom. The van der Waals surface area contributed by atoms with Crippen LogP contribution in [0.15, 0.2) is 24.3 Å². The lowest BCUT2D eigenvalue weighted by atomic mass is 10.1. The fourth-order valence-corrected chi connectivity index (χ4v) is 1.57. The van der Waals surface area contributed by atoms with E-state index in [0.29, 0.717) is 6.42 Å². The number of benzene rings is 1. The van der Waals surface area contributed by atoms with Gasteiger partial charge in [-0.1, -0.05) is 13.0 Å². The van der Waals surface area contributed by atoms with Crippen LogP contribution in [0, 0.1) is 0 Å². The average Bonchev–Trinajstić information content (AvgIpc) is 2.39. The quantitative estimate of drug-likeness (QED) is 0.794. The third-order valence-corrected chi connectivity index (χ3v) is 3.08. The van der Waals surface area contributed by atoms with E-state index in [1.807, 2.05) is 31.2 Å². The first kappa shape index (κ1) is 15.5. The highest BCUT2D eigenvalue weighted by atomic mass is 16.5. The second kappa shape index (κ2) is 7.14. The Morgan fingerprint density at radius 3 is 2.63 bits per heavy atom. The van der Waals surface area contributed by atoms with Gasteiger partial charge in [0, 0.05) is 31.5 Å². The Morgan fingerprint density at radius 2 is 2.00 bits per heavy atom. The summed E-state index contributed by atoms with van der Waals surface area (Å²) in [6.45, 7) is 6.79. The standard InChI is InChI=1S/C15H24N2O2/c1-5-14(18)17-13-8-6-7-12(11-13)16-10-9-15(2,3)19-4/h6-8,11,16H,5,9-10H2,1-4H3,(H,17,18). The van der Waals surface area contributed by atoms with Gasteiger partial charge in [-0.2, -0.15) is 0 Å². The van der Waals surface area contributed by atoms with Crippen LogP contribution in [-0.4, -0.2) is 25.2 Å². The average molecular weight is 264 g/mol. The van der Waals surface area contributed by atoms with E-state index < -0.39 is 0 Å². The van der Waals surface area contributed by atoms with E-state index in [1.54, 1.807) is 7.11 Å². The molecule has 1 aromatic rings. The van der Waals surface area contributed by atoms with E-state index >= 15 is 0 Å². The highest BCUT2D eigenvalue weighted by Gasteiger charge is 2.15. The summed E-state index contributed by atoms with van der Waals surface area (Å²) >= 11 is 0. The van der Waals surface area contributed by atoms with Crippen molar-refractivity contribution in [2.24, 2.45) is 0 Å². The third-order valence-electron chi connectivity index (χ3n) is 3.08. The maximum atomic E-state index is 11.3. The van der Waals surface area contributed by atoms with Crippen LogP contribution in [0.5, 0.6) is 0 Å². The second-order valence-corrected chi connectivity index (χ2v) is 5.12. The number of ether oxygens (including phenoxy) is 1. The van der Waals surface area contributed by atoms with Crippen molar-refractivity contribution in [1.82, 2.24) is 0 Å². The molecule has 0 aromatic heterocycles. The highest BCUT2D eigenvalue weighted by molar-refractivity contribution is 5.90. The first-order valence-corrected chi connectivity index (χ1v) is 6.66. The van der Waals surface area contributed by atoms with Crippen molar-refractivity contribution in [3.8, 4) is 0 Å². The normalized spacial score (nSPS) is 11.2. The number of hydrogen-bond donors (Lipinski definition) is 2. The number of carbonyl (C=O) groups is 1. The molecule has 19 heavy (non-hydrogen) atoms. The molecule has 0 spiro atoms. The molecule has 0 fully saturated rings. The number of nitrogens with one attached hydrogen (secondary N) is 2. The minimum atomic E-state index is -0.124. The van der Waals surface area contributed by atoms with Crippen LogP contribution in [-0.2, 0) is 9.53 Å². The Balaban J connectivity index is 2.51. The van der Waals surface area contributed by atoms with E-state index in [4.69, 9.17) is 4.74 Å². The molecule has 4 heteroatoms. The van der Waals surface area contributed by atoms with Crippen LogP contribution in [0.2, 0.25) is 0 Å². The number of anilines is 2. The number of methoxy groups -OCH3 is 1. The van der Waals surface area contributed by atoms with E-state index in [2.05, 4.69) is 24.5 Å². The molecule has 0 saturated carbocycles. The zero-order valence-electron chi connectivity index (χ0n) is 12.2. The molecule has 0 bridgehead atoms. The summed E-state index contributed by atoms with van der Waals surface area (Å²) in [4.78, 5) is 11.3. The van der Waals surface area contributed by atoms with Gasteiger partial charge in [0.2, 0.25) is 5.91 Å². The van der Waals surface area contributed by atoms with Gasteiger partial charge in [0.05, 0.1) is 5.60 Å². The van der Waals surface area contributed by atoms with Crippen molar-refractivity contribution >= 4 is 17.3 Å². The number of carbonyl (C=O) groups excluding carboxylic acids is 1. The summed E-state index contributed by atoms with van der Waals surface area (Å²) in [6.07, 6.45) is 1.40. The predicted molar refractivity (Wildman–Crippen MR) is 79.6 cm³/mol. The van der Waals surface area contributed by atoms with Crippen LogP contribution < -0.4 is 10.6 Å². The topological polar surface area (TPSA) is 50.4 Å².